The van der Waals surface area contributed by atoms with Crippen LogP contribution in [0, 0.1) is 0 Å². The van der Waals surface area contributed by atoms with E-state index in [0.29, 0.717) is 24.3 Å². The summed E-state index contributed by atoms with van der Waals surface area (Å²) >= 11 is 2.95. The van der Waals surface area contributed by atoms with Crippen molar-refractivity contribution in [2.45, 2.75) is 74.7 Å². The highest BCUT2D eigenvalue weighted by Crippen LogP contribution is 2.32. The first-order valence-electron chi connectivity index (χ1n) is 13.8. The highest BCUT2D eigenvalue weighted by atomic mass is 32.2. The zero-order chi connectivity index (χ0) is 29.9. The van der Waals surface area contributed by atoms with E-state index in [-0.39, 0.29) is 47.7 Å². The van der Waals surface area contributed by atoms with E-state index in [9.17, 15) is 19.2 Å². The lowest BCUT2D eigenvalue weighted by atomic mass is 10.1. The highest BCUT2D eigenvalue weighted by molar-refractivity contribution is 8.00. The maximum atomic E-state index is 12.1. The Bertz CT molecular complexity index is 1220. The Balaban J connectivity index is 0.970. The van der Waals surface area contributed by atoms with Crippen molar-refractivity contribution in [1.82, 2.24) is 19.1 Å². The summed E-state index contributed by atoms with van der Waals surface area (Å²) < 4.78 is 25.0. The van der Waals surface area contributed by atoms with Crippen molar-refractivity contribution in [2.75, 3.05) is 36.2 Å². The second-order valence-corrected chi connectivity index (χ2v) is 12.2. The molecule has 2 aromatic rings. The Morgan fingerprint density at radius 3 is 1.57 bits per heavy atom. The van der Waals surface area contributed by atoms with Gasteiger partial charge in [0.2, 0.25) is 0 Å². The number of aromatic nitrogens is 4. The average Bonchev–Trinajstić information content (AvgIpc) is 3.62. The fourth-order valence-electron chi connectivity index (χ4n) is 4.36. The van der Waals surface area contributed by atoms with Gasteiger partial charge >= 0.3 is 23.3 Å². The molecule has 0 saturated carbocycles. The maximum absolute atomic E-state index is 12.1. The zero-order valence-corrected chi connectivity index (χ0v) is 24.8. The zero-order valence-electron chi connectivity index (χ0n) is 23.1. The van der Waals surface area contributed by atoms with Crippen LogP contribution in [0.2, 0.25) is 0 Å². The summed E-state index contributed by atoms with van der Waals surface area (Å²) in [5.74, 6) is 0.861. The molecule has 0 amide bonds. The molecule has 0 spiro atoms. The van der Waals surface area contributed by atoms with Gasteiger partial charge in [0, 0.05) is 36.7 Å². The minimum absolute atomic E-state index is 0.124. The molecule has 16 heteroatoms. The fourth-order valence-corrected chi connectivity index (χ4v) is 6.33. The van der Waals surface area contributed by atoms with Gasteiger partial charge in [-0.15, -0.1) is 23.5 Å². The summed E-state index contributed by atoms with van der Waals surface area (Å²) in [5, 5.41) is 0. The average molecular weight is 625 g/mol. The first-order chi connectivity index (χ1) is 20.3. The minimum atomic E-state index is -0.477. The fraction of sp³-hybridized carbons (Fsp3) is 0.615. The van der Waals surface area contributed by atoms with Gasteiger partial charge in [0.25, 0.3) is 0 Å². The number of rotatable bonds is 15. The Labute approximate surface area is 250 Å². The largest absolute Gasteiger partial charge is 0.462 e. The van der Waals surface area contributed by atoms with Crippen LogP contribution in [0.3, 0.4) is 0 Å². The molecule has 2 aliphatic heterocycles. The summed E-state index contributed by atoms with van der Waals surface area (Å²) in [6.45, 7) is 0.249. The van der Waals surface area contributed by atoms with Gasteiger partial charge in [0.15, 0.2) is 0 Å². The number of nitrogens with two attached hydrogens (primary N) is 2. The Morgan fingerprint density at radius 1 is 0.762 bits per heavy atom. The molecule has 0 aromatic carbocycles. The molecule has 14 nitrogen and oxygen atoms in total. The van der Waals surface area contributed by atoms with E-state index in [1.54, 1.807) is 12.4 Å². The van der Waals surface area contributed by atoms with E-state index in [0.717, 1.165) is 38.5 Å². The Kier molecular flexibility index (Phi) is 12.1. The summed E-state index contributed by atoms with van der Waals surface area (Å²) in [5.41, 5.74) is 9.40. The second kappa shape index (κ2) is 16.0. The molecule has 230 valence electrons. The van der Waals surface area contributed by atoms with E-state index in [1.807, 2.05) is 0 Å². The van der Waals surface area contributed by atoms with Gasteiger partial charge in [-0.2, -0.15) is 9.97 Å². The number of nitrogen functional groups attached to an aromatic ring is 2. The molecule has 2 aliphatic rings. The third-order valence-corrected chi connectivity index (χ3v) is 8.76. The quantitative estimate of drug-likeness (QED) is 0.216. The number of hydrogen-bond acceptors (Lipinski definition) is 14. The lowest BCUT2D eigenvalue weighted by Gasteiger charge is -2.14. The molecule has 2 aromatic heterocycles. The second-order valence-electron chi connectivity index (χ2n) is 9.78. The van der Waals surface area contributed by atoms with Crippen LogP contribution in [0.15, 0.2) is 34.1 Å². The maximum Gasteiger partial charge on any atom is 0.351 e. The molecule has 4 atom stereocenters. The van der Waals surface area contributed by atoms with E-state index in [2.05, 4.69) is 9.97 Å². The molecule has 0 bridgehead atoms. The molecule has 4 rings (SSSR count). The molecule has 0 radical (unpaired) electrons. The van der Waals surface area contributed by atoms with Crippen LogP contribution in [-0.4, -0.2) is 66.6 Å². The predicted octanol–water partition coefficient (Wildman–Crippen LogP) is 2.05. The van der Waals surface area contributed by atoms with Crippen molar-refractivity contribution in [2.24, 2.45) is 0 Å². The molecule has 2 saturated heterocycles. The minimum Gasteiger partial charge on any atom is -0.462 e. The van der Waals surface area contributed by atoms with Crippen molar-refractivity contribution >= 4 is 47.1 Å². The smallest absolute Gasteiger partial charge is 0.351 e. The van der Waals surface area contributed by atoms with Gasteiger partial charge in [-0.1, -0.05) is 25.7 Å². The lowest BCUT2D eigenvalue weighted by molar-refractivity contribution is -0.147. The third-order valence-electron chi connectivity index (χ3n) is 6.56. The van der Waals surface area contributed by atoms with Crippen LogP contribution in [0.1, 0.15) is 63.8 Å². The molecule has 4 heterocycles. The molecule has 0 aliphatic carbocycles. The molecular weight excluding hydrogens is 588 g/mol. The summed E-state index contributed by atoms with van der Waals surface area (Å²) in [4.78, 5) is 55.5. The van der Waals surface area contributed by atoms with Crippen LogP contribution in [0.4, 0.5) is 11.6 Å². The highest BCUT2D eigenvalue weighted by Gasteiger charge is 2.30. The molecule has 42 heavy (non-hydrogen) atoms. The monoisotopic (exact) mass is 624 g/mol. The van der Waals surface area contributed by atoms with Crippen LogP contribution in [0.5, 0.6) is 0 Å². The van der Waals surface area contributed by atoms with Gasteiger partial charge in [-0.3, -0.25) is 18.7 Å². The van der Waals surface area contributed by atoms with E-state index < -0.39 is 23.8 Å². The van der Waals surface area contributed by atoms with Crippen molar-refractivity contribution in [1.29, 1.82) is 0 Å². The first-order valence-corrected chi connectivity index (χ1v) is 15.9. The van der Waals surface area contributed by atoms with Gasteiger partial charge in [-0.05, 0) is 25.0 Å². The number of hydrogen-bond donors (Lipinski definition) is 2. The van der Waals surface area contributed by atoms with Crippen LogP contribution in [0.25, 0.3) is 0 Å². The number of ether oxygens (including phenoxy) is 4. The Hall–Kier alpha value is -3.08. The van der Waals surface area contributed by atoms with Crippen molar-refractivity contribution in [3.05, 3.63) is 45.5 Å². The third kappa shape index (κ3) is 9.74. The number of carbonyl (C=O) groups excluding carboxylic acids is 2. The standard InChI is InChI=1S/C26H36N6O8S2/c27-17-9-11-31(25(35)29-17)19-15-41-23(39-19)13-37-21(33)7-5-3-1-2-4-6-8-22(34)38-14-24-40-20(16-42-24)32-12-10-18(28)30-26(32)36/h9-12,19-20,23-24H,1-8,13-16H2,(H2,27,29,35)(H2,28,30,36)/t19-,20+,23+,24-. The molecule has 2 fully saturated rings. The summed E-state index contributed by atoms with van der Waals surface area (Å²) in [6, 6.07) is 3.07. The number of esters is 2. The number of nitrogens with zero attached hydrogens (tertiary/aromatic N) is 4. The van der Waals surface area contributed by atoms with Crippen molar-refractivity contribution in [3.8, 4) is 0 Å². The first kappa shape index (κ1) is 31.8. The van der Waals surface area contributed by atoms with E-state index >= 15 is 0 Å². The normalized spacial score (nSPS) is 21.8. The van der Waals surface area contributed by atoms with Crippen LogP contribution >= 0.6 is 23.5 Å². The topological polar surface area (TPSA) is 193 Å². The number of unbranched alkanes of at least 4 members (excludes halogenated alkanes) is 5. The molecular formula is C26H36N6O8S2. The van der Waals surface area contributed by atoms with Crippen molar-refractivity contribution < 1.29 is 28.5 Å². The lowest BCUT2D eigenvalue weighted by Crippen LogP contribution is -2.29. The predicted molar refractivity (Wildman–Crippen MR) is 157 cm³/mol. The van der Waals surface area contributed by atoms with Gasteiger partial charge in [-0.25, -0.2) is 9.59 Å². The van der Waals surface area contributed by atoms with Crippen LogP contribution in [-0.2, 0) is 28.5 Å². The summed E-state index contributed by atoms with van der Waals surface area (Å²) in [7, 11) is 0. The van der Waals surface area contributed by atoms with Crippen LogP contribution < -0.4 is 22.8 Å². The van der Waals surface area contributed by atoms with Crippen molar-refractivity contribution in [3.63, 3.8) is 0 Å². The van der Waals surface area contributed by atoms with E-state index in [1.165, 1.54) is 44.8 Å². The number of anilines is 2. The summed E-state index contributed by atoms with van der Waals surface area (Å²) in [6.07, 6.45) is 7.99. The molecule has 0 unspecified atom stereocenters. The van der Waals surface area contributed by atoms with Gasteiger partial charge in [0.05, 0.1) is 0 Å². The molecule has 4 N–H and O–H groups in total. The number of thioether (sulfide) groups is 2. The van der Waals surface area contributed by atoms with E-state index in [4.69, 9.17) is 30.4 Å². The Morgan fingerprint density at radius 2 is 1.17 bits per heavy atom. The SMILES string of the molecule is Nc1ccn([C@@H]2CS[C@H](COC(=O)CCCCCCCCC(=O)OC[C@H]3O[C@@H](n4ccc(N)nc4=O)CS3)O2)c(=O)n1. The van der Waals surface area contributed by atoms with Gasteiger partial charge < -0.3 is 30.4 Å². The van der Waals surface area contributed by atoms with Gasteiger partial charge in [0.1, 0.15) is 48.2 Å². The number of carbonyl (C=O) groups is 2.